The monoisotopic (exact) mass is 450 g/mol. The molecule has 0 saturated heterocycles. The summed E-state index contributed by atoms with van der Waals surface area (Å²) in [5.41, 5.74) is 4.58. The van der Waals surface area contributed by atoms with Crippen molar-refractivity contribution in [3.05, 3.63) is 71.8 Å². The van der Waals surface area contributed by atoms with E-state index in [2.05, 4.69) is 62.2 Å². The zero-order valence-electron chi connectivity index (χ0n) is 18.0. The molecular weight excluding hydrogens is 424 g/mol. The topological polar surface area (TPSA) is 51.0 Å². The number of nitrogens with zero attached hydrogens (tertiary/aromatic N) is 4. The van der Waals surface area contributed by atoms with Gasteiger partial charge in [-0.15, -0.1) is 11.8 Å². The molecule has 5 nitrogen and oxygen atoms in total. The van der Waals surface area contributed by atoms with E-state index in [1.165, 1.54) is 16.7 Å². The standard InChI is InChI=1S/C24H26N4OS2/c1-17-5-7-20(8-6-17)30-15-22(29)28(11-4-10-27-12-9-25-16-27)24-26-21-14-18(2)13-19(3)23(21)31-24/h5-9,12-14,16H,4,10-11,15H2,1-3H3. The number of anilines is 1. The summed E-state index contributed by atoms with van der Waals surface area (Å²) < 4.78 is 3.19. The summed E-state index contributed by atoms with van der Waals surface area (Å²) in [4.78, 5) is 25.2. The third-order valence-corrected chi connectivity index (χ3v) is 7.31. The van der Waals surface area contributed by atoms with Gasteiger partial charge in [0.25, 0.3) is 0 Å². The van der Waals surface area contributed by atoms with Gasteiger partial charge < -0.3 is 4.57 Å². The van der Waals surface area contributed by atoms with E-state index in [0.29, 0.717) is 12.3 Å². The molecule has 7 heteroatoms. The second kappa shape index (κ2) is 9.66. The molecule has 0 aliphatic heterocycles. The lowest BCUT2D eigenvalue weighted by molar-refractivity contribution is -0.116. The summed E-state index contributed by atoms with van der Waals surface area (Å²) in [6.45, 7) is 7.70. The molecule has 0 radical (unpaired) electrons. The Labute approximate surface area is 191 Å². The number of aromatic nitrogens is 3. The predicted molar refractivity (Wildman–Crippen MR) is 130 cm³/mol. The zero-order chi connectivity index (χ0) is 21.8. The quantitative estimate of drug-likeness (QED) is 0.326. The van der Waals surface area contributed by atoms with Gasteiger partial charge in [-0.1, -0.05) is 35.1 Å². The molecule has 0 aliphatic rings. The van der Waals surface area contributed by atoms with Gasteiger partial charge in [0.15, 0.2) is 5.13 Å². The van der Waals surface area contributed by atoms with Crippen LogP contribution in [-0.4, -0.2) is 32.7 Å². The van der Waals surface area contributed by atoms with Crippen LogP contribution in [-0.2, 0) is 11.3 Å². The molecule has 0 aliphatic carbocycles. The highest BCUT2D eigenvalue weighted by molar-refractivity contribution is 8.00. The van der Waals surface area contributed by atoms with Gasteiger partial charge in [-0.25, -0.2) is 9.97 Å². The fourth-order valence-electron chi connectivity index (χ4n) is 3.50. The molecule has 31 heavy (non-hydrogen) atoms. The van der Waals surface area contributed by atoms with E-state index in [1.54, 1.807) is 29.3 Å². The molecule has 0 bridgehead atoms. The van der Waals surface area contributed by atoms with E-state index in [0.717, 1.165) is 33.2 Å². The maximum atomic E-state index is 13.3. The maximum absolute atomic E-state index is 13.3. The molecule has 0 spiro atoms. The lowest BCUT2D eigenvalue weighted by atomic mass is 10.1. The number of carbonyl (C=O) groups excluding carboxylic acids is 1. The SMILES string of the molecule is Cc1ccc(SCC(=O)N(CCCn2ccnc2)c2nc3cc(C)cc(C)c3s2)cc1. The molecule has 0 unspecified atom stereocenters. The van der Waals surface area contributed by atoms with Gasteiger partial charge in [-0.05, 0) is 56.5 Å². The summed E-state index contributed by atoms with van der Waals surface area (Å²) in [5.74, 6) is 0.479. The largest absolute Gasteiger partial charge is 0.337 e. The first-order valence-electron chi connectivity index (χ1n) is 10.3. The van der Waals surface area contributed by atoms with Gasteiger partial charge in [0.05, 0.1) is 22.3 Å². The van der Waals surface area contributed by atoms with Gasteiger partial charge in [0, 0.05) is 30.4 Å². The number of thioether (sulfide) groups is 1. The smallest absolute Gasteiger partial charge is 0.239 e. The number of rotatable bonds is 8. The van der Waals surface area contributed by atoms with Crippen molar-refractivity contribution >= 4 is 44.4 Å². The first kappa shape index (κ1) is 21.6. The van der Waals surface area contributed by atoms with Crippen LogP contribution in [0.1, 0.15) is 23.1 Å². The van der Waals surface area contributed by atoms with E-state index < -0.39 is 0 Å². The minimum absolute atomic E-state index is 0.0876. The number of aryl methyl sites for hydroxylation is 4. The van der Waals surface area contributed by atoms with E-state index in [9.17, 15) is 4.79 Å². The zero-order valence-corrected chi connectivity index (χ0v) is 19.7. The van der Waals surface area contributed by atoms with Crippen molar-refractivity contribution < 1.29 is 4.79 Å². The number of hydrogen-bond acceptors (Lipinski definition) is 5. The normalized spacial score (nSPS) is 11.2. The van der Waals surface area contributed by atoms with E-state index in [4.69, 9.17) is 4.98 Å². The Balaban J connectivity index is 1.53. The van der Waals surface area contributed by atoms with Gasteiger partial charge >= 0.3 is 0 Å². The third kappa shape index (κ3) is 5.35. The number of imidazole rings is 1. The number of benzene rings is 2. The fourth-order valence-corrected chi connectivity index (χ4v) is 5.33. The lowest BCUT2D eigenvalue weighted by Crippen LogP contribution is -2.33. The van der Waals surface area contributed by atoms with Crippen LogP contribution in [0, 0.1) is 20.8 Å². The molecule has 4 rings (SSSR count). The fraction of sp³-hybridized carbons (Fsp3) is 0.292. The molecule has 160 valence electrons. The Morgan fingerprint density at radius 1 is 1.13 bits per heavy atom. The highest BCUT2D eigenvalue weighted by Crippen LogP contribution is 2.33. The molecule has 0 saturated carbocycles. The van der Waals surface area contributed by atoms with E-state index in [-0.39, 0.29) is 5.91 Å². The van der Waals surface area contributed by atoms with Crippen LogP contribution in [0.4, 0.5) is 5.13 Å². The summed E-state index contributed by atoms with van der Waals surface area (Å²) in [5, 5.41) is 0.781. The Bertz CT molecular complexity index is 1170. The van der Waals surface area contributed by atoms with Crippen molar-refractivity contribution in [3.63, 3.8) is 0 Å². The highest BCUT2D eigenvalue weighted by Gasteiger charge is 2.20. The van der Waals surface area contributed by atoms with Gasteiger partial charge in [0.2, 0.25) is 5.91 Å². The van der Waals surface area contributed by atoms with Crippen LogP contribution in [0.2, 0.25) is 0 Å². The van der Waals surface area contributed by atoms with E-state index >= 15 is 0 Å². The van der Waals surface area contributed by atoms with Crippen molar-refractivity contribution in [2.75, 3.05) is 17.2 Å². The first-order valence-corrected chi connectivity index (χ1v) is 12.1. The third-order valence-electron chi connectivity index (χ3n) is 5.08. The Hall–Kier alpha value is -2.64. The first-order chi connectivity index (χ1) is 15.0. The van der Waals surface area contributed by atoms with Gasteiger partial charge in [-0.2, -0.15) is 0 Å². The maximum Gasteiger partial charge on any atom is 0.239 e. The molecule has 4 aromatic rings. The average molecular weight is 451 g/mol. The van der Waals surface area contributed by atoms with Crippen LogP contribution >= 0.6 is 23.1 Å². The lowest BCUT2D eigenvalue weighted by Gasteiger charge is -2.20. The van der Waals surface area contributed by atoms with Crippen molar-refractivity contribution in [2.45, 2.75) is 38.6 Å². The van der Waals surface area contributed by atoms with Crippen molar-refractivity contribution in [2.24, 2.45) is 0 Å². The summed E-state index contributed by atoms with van der Waals surface area (Å²) in [6, 6.07) is 12.6. The summed E-state index contributed by atoms with van der Waals surface area (Å²) in [7, 11) is 0. The molecule has 2 aromatic heterocycles. The Kier molecular flexibility index (Phi) is 6.73. The number of carbonyl (C=O) groups is 1. The molecule has 0 atom stereocenters. The minimum atomic E-state index is 0.0876. The minimum Gasteiger partial charge on any atom is -0.337 e. The van der Waals surface area contributed by atoms with Crippen molar-refractivity contribution in [3.8, 4) is 0 Å². The molecule has 0 fully saturated rings. The molecule has 1 amide bonds. The summed E-state index contributed by atoms with van der Waals surface area (Å²) >= 11 is 3.18. The Morgan fingerprint density at radius 2 is 1.94 bits per heavy atom. The highest BCUT2D eigenvalue weighted by atomic mass is 32.2. The van der Waals surface area contributed by atoms with Gasteiger partial charge in [0.1, 0.15) is 0 Å². The Morgan fingerprint density at radius 3 is 2.68 bits per heavy atom. The number of thiazole rings is 1. The van der Waals surface area contributed by atoms with Gasteiger partial charge in [-0.3, -0.25) is 9.69 Å². The van der Waals surface area contributed by atoms with Crippen LogP contribution in [0.3, 0.4) is 0 Å². The second-order valence-corrected chi connectivity index (χ2v) is 9.75. The molecule has 2 heterocycles. The van der Waals surface area contributed by atoms with Crippen LogP contribution in [0.25, 0.3) is 10.2 Å². The van der Waals surface area contributed by atoms with Crippen LogP contribution in [0.15, 0.2) is 60.0 Å². The number of fused-ring (bicyclic) bond motifs is 1. The molecular formula is C24H26N4OS2. The predicted octanol–water partition coefficient (Wildman–Crippen LogP) is 5.63. The molecule has 2 aromatic carbocycles. The average Bonchev–Trinajstić information content (AvgIpc) is 3.40. The van der Waals surface area contributed by atoms with Crippen LogP contribution in [0.5, 0.6) is 0 Å². The van der Waals surface area contributed by atoms with Crippen molar-refractivity contribution in [1.82, 2.24) is 14.5 Å². The summed E-state index contributed by atoms with van der Waals surface area (Å²) in [6.07, 6.45) is 6.37. The number of amides is 1. The van der Waals surface area contributed by atoms with Crippen molar-refractivity contribution in [1.29, 1.82) is 0 Å². The molecule has 0 N–H and O–H groups in total. The second-order valence-electron chi connectivity index (χ2n) is 7.73. The van der Waals surface area contributed by atoms with Crippen LogP contribution < -0.4 is 4.90 Å². The van der Waals surface area contributed by atoms with E-state index in [1.807, 2.05) is 22.0 Å². The number of hydrogen-bond donors (Lipinski definition) is 0.